The van der Waals surface area contributed by atoms with Gasteiger partial charge in [-0.3, -0.25) is 0 Å². The Morgan fingerprint density at radius 2 is 2.14 bits per heavy atom. The quantitative estimate of drug-likeness (QED) is 0.878. The van der Waals surface area contributed by atoms with E-state index in [9.17, 15) is 0 Å². The Labute approximate surface area is 126 Å². The van der Waals surface area contributed by atoms with E-state index in [2.05, 4.69) is 60.3 Å². The second-order valence-corrected chi connectivity index (χ2v) is 5.81. The summed E-state index contributed by atoms with van der Waals surface area (Å²) in [6.45, 7) is 6.39. The zero-order valence-corrected chi connectivity index (χ0v) is 12.9. The van der Waals surface area contributed by atoms with Gasteiger partial charge in [0, 0.05) is 24.4 Å². The summed E-state index contributed by atoms with van der Waals surface area (Å²) in [6.07, 6.45) is 4.56. The fourth-order valence-corrected chi connectivity index (χ4v) is 3.03. The minimum absolute atomic E-state index is 0.243. The zero-order chi connectivity index (χ0) is 14.7. The summed E-state index contributed by atoms with van der Waals surface area (Å²) < 4.78 is 8.38. The summed E-state index contributed by atoms with van der Waals surface area (Å²) in [5, 5.41) is 3.56. The number of ether oxygens (including phenoxy) is 1. The van der Waals surface area contributed by atoms with Crippen molar-refractivity contribution in [1.29, 1.82) is 0 Å². The maximum absolute atomic E-state index is 6.05. The van der Waals surface area contributed by atoms with Crippen LogP contribution in [0.25, 0.3) is 0 Å². The van der Waals surface area contributed by atoms with Crippen LogP contribution in [0, 0.1) is 0 Å². The van der Waals surface area contributed by atoms with Crippen LogP contribution >= 0.6 is 0 Å². The highest BCUT2D eigenvalue weighted by atomic mass is 16.5. The van der Waals surface area contributed by atoms with Gasteiger partial charge in [-0.2, -0.15) is 0 Å². The van der Waals surface area contributed by atoms with Gasteiger partial charge in [0.1, 0.15) is 11.9 Å². The first-order valence-corrected chi connectivity index (χ1v) is 7.91. The summed E-state index contributed by atoms with van der Waals surface area (Å²) in [6, 6.07) is 13.1. The summed E-state index contributed by atoms with van der Waals surface area (Å²) in [5.74, 6) is 1.05. The lowest BCUT2D eigenvalue weighted by molar-refractivity contribution is 0.207. The van der Waals surface area contributed by atoms with Crippen molar-refractivity contribution in [1.82, 2.24) is 9.88 Å². The van der Waals surface area contributed by atoms with Crippen LogP contribution in [0.5, 0.6) is 5.75 Å². The second-order valence-electron chi connectivity index (χ2n) is 5.81. The molecule has 21 heavy (non-hydrogen) atoms. The molecule has 3 rings (SSSR count). The van der Waals surface area contributed by atoms with Crippen molar-refractivity contribution in [3.8, 4) is 5.75 Å². The maximum Gasteiger partial charge on any atom is 0.123 e. The number of hydrogen-bond donors (Lipinski definition) is 1. The molecule has 0 saturated heterocycles. The molecule has 0 amide bonds. The van der Waals surface area contributed by atoms with Crippen molar-refractivity contribution in [3.05, 3.63) is 53.9 Å². The van der Waals surface area contributed by atoms with E-state index in [1.807, 2.05) is 6.07 Å². The first-order valence-electron chi connectivity index (χ1n) is 7.91. The van der Waals surface area contributed by atoms with Crippen LogP contribution in [0.4, 0.5) is 0 Å². The fraction of sp³-hybridized carbons (Fsp3) is 0.444. The number of benzene rings is 1. The molecule has 2 atom stereocenters. The third-order valence-corrected chi connectivity index (χ3v) is 4.12. The molecule has 2 aromatic rings. The van der Waals surface area contributed by atoms with Crippen molar-refractivity contribution < 1.29 is 4.74 Å². The SMILES string of the molecule is CCCNC(C)c1cccn1CC1Cc2ccccc2O1. The molecule has 3 heteroatoms. The smallest absolute Gasteiger partial charge is 0.123 e. The van der Waals surface area contributed by atoms with Gasteiger partial charge in [-0.25, -0.2) is 0 Å². The minimum atomic E-state index is 0.243. The lowest BCUT2D eigenvalue weighted by Crippen LogP contribution is -2.26. The van der Waals surface area contributed by atoms with E-state index in [-0.39, 0.29) is 6.10 Å². The number of nitrogens with zero attached hydrogens (tertiary/aromatic N) is 1. The Balaban J connectivity index is 1.66. The van der Waals surface area contributed by atoms with E-state index in [1.54, 1.807) is 0 Å². The lowest BCUT2D eigenvalue weighted by atomic mass is 10.1. The van der Waals surface area contributed by atoms with Crippen molar-refractivity contribution >= 4 is 0 Å². The van der Waals surface area contributed by atoms with Gasteiger partial charge in [0.25, 0.3) is 0 Å². The van der Waals surface area contributed by atoms with Gasteiger partial charge < -0.3 is 14.6 Å². The summed E-state index contributed by atoms with van der Waals surface area (Å²) >= 11 is 0. The molecule has 0 saturated carbocycles. The molecule has 0 fully saturated rings. The van der Waals surface area contributed by atoms with E-state index in [4.69, 9.17) is 4.74 Å². The van der Waals surface area contributed by atoms with E-state index in [0.717, 1.165) is 31.7 Å². The Morgan fingerprint density at radius 3 is 2.95 bits per heavy atom. The van der Waals surface area contributed by atoms with Gasteiger partial charge >= 0.3 is 0 Å². The average molecular weight is 284 g/mol. The maximum atomic E-state index is 6.05. The fourth-order valence-electron chi connectivity index (χ4n) is 3.03. The molecular formula is C18H24N2O. The first kappa shape index (κ1) is 14.2. The van der Waals surface area contributed by atoms with Crippen molar-refractivity contribution in [2.45, 2.75) is 45.4 Å². The molecule has 1 aromatic carbocycles. The standard InChI is InChI=1S/C18H24N2O/c1-3-10-19-14(2)17-8-6-11-20(17)13-16-12-15-7-4-5-9-18(15)21-16/h4-9,11,14,16,19H,3,10,12-13H2,1-2H3. The van der Waals surface area contributed by atoms with E-state index in [1.165, 1.54) is 11.3 Å². The largest absolute Gasteiger partial charge is 0.488 e. The number of para-hydroxylation sites is 1. The molecule has 1 N–H and O–H groups in total. The predicted molar refractivity (Wildman–Crippen MR) is 85.7 cm³/mol. The lowest BCUT2D eigenvalue weighted by Gasteiger charge is -2.19. The number of rotatable bonds is 6. The normalized spacial score (nSPS) is 18.3. The van der Waals surface area contributed by atoms with Gasteiger partial charge in [0.15, 0.2) is 0 Å². The average Bonchev–Trinajstić information content (AvgIpc) is 3.11. The van der Waals surface area contributed by atoms with Gasteiger partial charge in [-0.05, 0) is 43.7 Å². The molecule has 0 spiro atoms. The third-order valence-electron chi connectivity index (χ3n) is 4.12. The molecule has 3 nitrogen and oxygen atoms in total. The number of nitrogens with one attached hydrogen (secondary N) is 1. The van der Waals surface area contributed by atoms with Gasteiger partial charge in [0.2, 0.25) is 0 Å². The molecule has 0 aliphatic carbocycles. The van der Waals surface area contributed by atoms with Crippen molar-refractivity contribution in [3.63, 3.8) is 0 Å². The van der Waals surface area contributed by atoms with Gasteiger partial charge in [0.05, 0.1) is 6.54 Å². The number of fused-ring (bicyclic) bond motifs is 1. The molecule has 0 bridgehead atoms. The van der Waals surface area contributed by atoms with Crippen LogP contribution < -0.4 is 10.1 Å². The molecule has 0 radical (unpaired) electrons. The van der Waals surface area contributed by atoms with Crippen LogP contribution in [0.15, 0.2) is 42.6 Å². The molecule has 1 aliphatic heterocycles. The van der Waals surface area contributed by atoms with Crippen LogP contribution in [0.1, 0.15) is 37.6 Å². The summed E-state index contributed by atoms with van der Waals surface area (Å²) in [4.78, 5) is 0. The molecule has 1 aliphatic rings. The number of hydrogen-bond acceptors (Lipinski definition) is 2. The third kappa shape index (κ3) is 3.13. The summed E-state index contributed by atoms with van der Waals surface area (Å²) in [5.41, 5.74) is 2.66. The first-order chi connectivity index (χ1) is 10.3. The Bertz CT molecular complexity index is 565. The topological polar surface area (TPSA) is 26.2 Å². The van der Waals surface area contributed by atoms with E-state index < -0.39 is 0 Å². The van der Waals surface area contributed by atoms with Gasteiger partial charge in [-0.1, -0.05) is 25.1 Å². The second kappa shape index (κ2) is 6.35. The Hall–Kier alpha value is -1.74. The molecule has 2 unspecified atom stereocenters. The number of aromatic nitrogens is 1. The summed E-state index contributed by atoms with van der Waals surface area (Å²) in [7, 11) is 0. The van der Waals surface area contributed by atoms with Crippen molar-refractivity contribution in [2.24, 2.45) is 0 Å². The molecule has 2 heterocycles. The highest BCUT2D eigenvalue weighted by Gasteiger charge is 2.23. The highest BCUT2D eigenvalue weighted by Crippen LogP contribution is 2.29. The minimum Gasteiger partial charge on any atom is -0.488 e. The van der Waals surface area contributed by atoms with Crippen LogP contribution in [-0.2, 0) is 13.0 Å². The molecule has 112 valence electrons. The monoisotopic (exact) mass is 284 g/mol. The van der Waals surface area contributed by atoms with Crippen molar-refractivity contribution in [2.75, 3.05) is 6.54 Å². The van der Waals surface area contributed by atoms with Crippen LogP contribution in [0.2, 0.25) is 0 Å². The van der Waals surface area contributed by atoms with Crippen LogP contribution in [0.3, 0.4) is 0 Å². The Morgan fingerprint density at radius 1 is 1.29 bits per heavy atom. The molecular weight excluding hydrogens is 260 g/mol. The molecule has 1 aromatic heterocycles. The zero-order valence-electron chi connectivity index (χ0n) is 12.9. The van der Waals surface area contributed by atoms with Gasteiger partial charge in [-0.15, -0.1) is 0 Å². The highest BCUT2D eigenvalue weighted by molar-refractivity contribution is 5.37. The van der Waals surface area contributed by atoms with E-state index >= 15 is 0 Å². The predicted octanol–water partition coefficient (Wildman–Crippen LogP) is 3.55. The Kier molecular flexibility index (Phi) is 4.30. The van der Waals surface area contributed by atoms with Crippen LogP contribution in [-0.4, -0.2) is 17.2 Å². The van der Waals surface area contributed by atoms with E-state index in [0.29, 0.717) is 6.04 Å².